The van der Waals surface area contributed by atoms with Crippen LogP contribution in [-0.4, -0.2) is 46.9 Å². The van der Waals surface area contributed by atoms with Crippen molar-refractivity contribution < 1.29 is 24.2 Å². The Balaban J connectivity index is 1.90. The molecule has 0 aliphatic carbocycles. The molecule has 0 aliphatic rings. The highest BCUT2D eigenvalue weighted by Gasteiger charge is 2.20. The Morgan fingerprint density at radius 1 is 1.21 bits per heavy atom. The zero-order chi connectivity index (χ0) is 20.3. The first kappa shape index (κ1) is 19.7. The van der Waals surface area contributed by atoms with Crippen molar-refractivity contribution in [2.75, 3.05) is 20.3 Å². The fraction of sp³-hybridized carbons (Fsp3) is 0.263. The lowest BCUT2D eigenvalue weighted by atomic mass is 10.1. The number of ether oxygens (including phenoxy) is 2. The van der Waals surface area contributed by atoms with Crippen LogP contribution in [0.5, 0.6) is 0 Å². The Hall–Kier alpha value is -3.04. The van der Waals surface area contributed by atoms with Crippen LogP contribution >= 0.6 is 11.3 Å². The molecule has 1 N–H and O–H groups in total. The predicted octanol–water partition coefficient (Wildman–Crippen LogP) is 2.32. The van der Waals surface area contributed by atoms with E-state index in [2.05, 4.69) is 4.98 Å². The summed E-state index contributed by atoms with van der Waals surface area (Å²) >= 11 is 1.12. The topological polar surface area (TPSA) is 108 Å². The molecule has 0 saturated heterocycles. The van der Waals surface area contributed by atoms with Crippen molar-refractivity contribution in [2.45, 2.75) is 13.5 Å². The number of carboxylic acids is 1. The van der Waals surface area contributed by atoms with Gasteiger partial charge >= 0.3 is 11.9 Å². The van der Waals surface area contributed by atoms with E-state index >= 15 is 0 Å². The van der Waals surface area contributed by atoms with Gasteiger partial charge in [0.05, 0.1) is 30.4 Å². The molecule has 9 heteroatoms. The lowest BCUT2D eigenvalue weighted by Gasteiger charge is -2.06. The summed E-state index contributed by atoms with van der Waals surface area (Å²) in [6, 6.07) is 6.27. The Kier molecular flexibility index (Phi) is 5.86. The molecule has 1 aromatic carbocycles. The fourth-order valence-corrected chi connectivity index (χ4v) is 3.73. The van der Waals surface area contributed by atoms with Crippen molar-refractivity contribution >= 4 is 33.5 Å². The molecule has 146 valence electrons. The third-order valence-electron chi connectivity index (χ3n) is 4.18. The van der Waals surface area contributed by atoms with Gasteiger partial charge in [0.1, 0.15) is 16.3 Å². The molecule has 0 spiro atoms. The van der Waals surface area contributed by atoms with Crippen LogP contribution in [-0.2, 0) is 16.0 Å². The number of carbonyl (C=O) groups excluding carboxylic acids is 1. The minimum absolute atomic E-state index is 0.132. The number of hydrogen-bond acceptors (Lipinski definition) is 7. The summed E-state index contributed by atoms with van der Waals surface area (Å²) < 4.78 is 11.4. The molecular weight excluding hydrogens is 384 g/mol. The monoisotopic (exact) mass is 402 g/mol. The van der Waals surface area contributed by atoms with Gasteiger partial charge in [-0.1, -0.05) is 12.1 Å². The number of aromatic nitrogens is 2. The number of nitrogens with zero attached hydrogens (tertiary/aromatic N) is 2. The molecule has 0 radical (unpaired) electrons. The maximum atomic E-state index is 12.9. The Morgan fingerprint density at radius 3 is 2.57 bits per heavy atom. The number of carboxylic acid groups (broad SMARTS) is 1. The highest BCUT2D eigenvalue weighted by atomic mass is 32.1. The number of aromatic carboxylic acids is 1. The molecule has 2 heterocycles. The maximum Gasteiger partial charge on any atom is 0.348 e. The molecule has 3 rings (SSSR count). The van der Waals surface area contributed by atoms with Crippen molar-refractivity contribution in [3.63, 3.8) is 0 Å². The van der Waals surface area contributed by atoms with E-state index < -0.39 is 11.9 Å². The summed E-state index contributed by atoms with van der Waals surface area (Å²) in [7, 11) is 1.51. The lowest BCUT2D eigenvalue weighted by Crippen LogP contribution is -2.21. The molecule has 3 aromatic rings. The van der Waals surface area contributed by atoms with Crippen molar-refractivity contribution in [1.29, 1.82) is 0 Å². The summed E-state index contributed by atoms with van der Waals surface area (Å²) in [5.74, 6) is -1.52. The van der Waals surface area contributed by atoms with Crippen LogP contribution in [0.1, 0.15) is 31.2 Å². The quantitative estimate of drug-likeness (QED) is 0.477. The van der Waals surface area contributed by atoms with Gasteiger partial charge in [0.15, 0.2) is 0 Å². The summed E-state index contributed by atoms with van der Waals surface area (Å²) in [5, 5.41) is 9.35. The van der Waals surface area contributed by atoms with Crippen LogP contribution < -0.4 is 5.56 Å². The largest absolute Gasteiger partial charge is 0.478 e. The third-order valence-corrected chi connectivity index (χ3v) is 5.36. The maximum absolute atomic E-state index is 12.9. The molecule has 0 unspecified atom stereocenters. The predicted molar refractivity (Wildman–Crippen MR) is 103 cm³/mol. The molecular formula is C19H18N2O6S. The number of hydrogen-bond donors (Lipinski definition) is 1. The van der Waals surface area contributed by atoms with E-state index in [0.717, 1.165) is 16.9 Å². The first-order valence-electron chi connectivity index (χ1n) is 8.39. The van der Waals surface area contributed by atoms with Gasteiger partial charge in [-0.15, -0.1) is 11.3 Å². The smallest absolute Gasteiger partial charge is 0.348 e. The molecule has 0 aliphatic heterocycles. The van der Waals surface area contributed by atoms with Crippen molar-refractivity contribution in [1.82, 2.24) is 9.55 Å². The summed E-state index contributed by atoms with van der Waals surface area (Å²) in [6.45, 7) is 2.36. The molecule has 28 heavy (non-hydrogen) atoms. The van der Waals surface area contributed by atoms with E-state index in [1.165, 1.54) is 30.1 Å². The van der Waals surface area contributed by atoms with Crippen molar-refractivity contribution in [3.8, 4) is 0 Å². The van der Waals surface area contributed by atoms with Gasteiger partial charge in [-0.3, -0.25) is 9.36 Å². The van der Waals surface area contributed by atoms with Crippen LogP contribution in [0.2, 0.25) is 0 Å². The fourth-order valence-electron chi connectivity index (χ4n) is 2.70. The lowest BCUT2D eigenvalue weighted by molar-refractivity contribution is 0.0392. The average molecular weight is 402 g/mol. The van der Waals surface area contributed by atoms with Crippen LogP contribution in [0.25, 0.3) is 10.2 Å². The zero-order valence-corrected chi connectivity index (χ0v) is 16.1. The number of benzene rings is 1. The van der Waals surface area contributed by atoms with Gasteiger partial charge < -0.3 is 14.6 Å². The normalized spacial score (nSPS) is 10.9. The van der Waals surface area contributed by atoms with E-state index in [4.69, 9.17) is 14.6 Å². The van der Waals surface area contributed by atoms with E-state index in [9.17, 15) is 14.4 Å². The molecule has 2 aromatic heterocycles. The van der Waals surface area contributed by atoms with Gasteiger partial charge in [-0.25, -0.2) is 14.6 Å². The first-order valence-corrected chi connectivity index (χ1v) is 9.21. The number of methoxy groups -OCH3 is 1. The summed E-state index contributed by atoms with van der Waals surface area (Å²) in [4.78, 5) is 41.2. The summed E-state index contributed by atoms with van der Waals surface area (Å²) in [6.07, 6.45) is 1.42. The minimum atomic E-state index is -1.01. The van der Waals surface area contributed by atoms with Crippen molar-refractivity contribution in [3.05, 3.63) is 62.5 Å². The van der Waals surface area contributed by atoms with Crippen LogP contribution in [0.3, 0.4) is 0 Å². The number of aryl methyl sites for hydroxylation is 1. The highest BCUT2D eigenvalue weighted by Crippen LogP contribution is 2.27. The second kappa shape index (κ2) is 8.32. The van der Waals surface area contributed by atoms with Crippen LogP contribution in [0.15, 0.2) is 35.4 Å². The SMILES string of the molecule is COCCOC(=O)c1sc2ncn(Cc3ccc(C(=O)O)cc3)c(=O)c2c1C. The zero-order valence-electron chi connectivity index (χ0n) is 15.3. The van der Waals surface area contributed by atoms with Crippen molar-refractivity contribution in [2.24, 2.45) is 0 Å². The van der Waals surface area contributed by atoms with E-state index in [1.54, 1.807) is 19.1 Å². The Morgan fingerprint density at radius 2 is 1.93 bits per heavy atom. The number of fused-ring (bicyclic) bond motifs is 1. The number of esters is 1. The Labute approximate surface area is 164 Å². The minimum Gasteiger partial charge on any atom is -0.478 e. The second-order valence-electron chi connectivity index (χ2n) is 6.04. The molecule has 0 atom stereocenters. The summed E-state index contributed by atoms with van der Waals surface area (Å²) in [5.41, 5.74) is 1.21. The highest BCUT2D eigenvalue weighted by molar-refractivity contribution is 7.20. The van der Waals surface area contributed by atoms with E-state index in [1.807, 2.05) is 0 Å². The standard InChI is InChI=1S/C19H18N2O6S/c1-11-14-16(28-15(11)19(25)27-8-7-26-2)20-10-21(17(14)22)9-12-3-5-13(6-4-12)18(23)24/h3-6,10H,7-9H2,1-2H3,(H,23,24). The van der Waals surface area contributed by atoms with Crippen LogP contribution in [0, 0.1) is 6.92 Å². The average Bonchev–Trinajstić information content (AvgIpc) is 3.02. The van der Waals surface area contributed by atoms with Gasteiger partial charge in [0.25, 0.3) is 5.56 Å². The first-order chi connectivity index (χ1) is 13.4. The third kappa shape index (κ3) is 3.95. The van der Waals surface area contributed by atoms with Gasteiger partial charge in [-0.05, 0) is 30.2 Å². The van der Waals surface area contributed by atoms with Gasteiger partial charge in [0.2, 0.25) is 0 Å². The Bertz CT molecular complexity index is 1080. The molecule has 8 nitrogen and oxygen atoms in total. The molecule has 0 saturated carbocycles. The molecule has 0 bridgehead atoms. The number of carbonyl (C=O) groups is 2. The van der Waals surface area contributed by atoms with E-state index in [0.29, 0.717) is 27.3 Å². The van der Waals surface area contributed by atoms with Gasteiger partial charge in [0, 0.05) is 7.11 Å². The second-order valence-corrected chi connectivity index (χ2v) is 7.04. The van der Waals surface area contributed by atoms with Gasteiger partial charge in [-0.2, -0.15) is 0 Å². The van der Waals surface area contributed by atoms with E-state index in [-0.39, 0.29) is 24.3 Å². The number of thiophene rings is 1. The number of rotatable bonds is 7. The molecule has 0 fully saturated rings. The molecule has 0 amide bonds. The van der Waals surface area contributed by atoms with Crippen LogP contribution in [0.4, 0.5) is 0 Å².